The molecule has 1 aliphatic carbocycles. The SMILES string of the molecule is CCC1C[C@@H]2CN3CCc4c([nH]c5ccc(OC)cc45)C(C(O)OC)(C2)C13. The Morgan fingerprint density at radius 3 is 2.96 bits per heavy atom. The highest BCUT2D eigenvalue weighted by Gasteiger charge is 2.61. The zero-order valence-electron chi connectivity index (χ0n) is 16.5. The van der Waals surface area contributed by atoms with Crippen molar-refractivity contribution in [2.45, 2.75) is 50.4 Å². The molecule has 3 aliphatic heterocycles. The van der Waals surface area contributed by atoms with Crippen LogP contribution in [0.4, 0.5) is 0 Å². The number of hydrogen-bond acceptors (Lipinski definition) is 4. The van der Waals surface area contributed by atoms with Crippen molar-refractivity contribution in [1.29, 1.82) is 0 Å². The molecular weight excluding hydrogens is 340 g/mol. The van der Waals surface area contributed by atoms with Crippen molar-refractivity contribution in [2.75, 3.05) is 27.3 Å². The average molecular weight is 370 g/mol. The lowest BCUT2D eigenvalue weighted by molar-refractivity contribution is -0.193. The molecule has 2 saturated heterocycles. The highest BCUT2D eigenvalue weighted by molar-refractivity contribution is 5.87. The highest BCUT2D eigenvalue weighted by atomic mass is 16.6. The third-order valence-corrected chi connectivity index (χ3v) is 7.54. The van der Waals surface area contributed by atoms with Gasteiger partial charge in [-0.15, -0.1) is 0 Å². The van der Waals surface area contributed by atoms with Crippen LogP contribution in [-0.2, 0) is 16.6 Å². The van der Waals surface area contributed by atoms with Gasteiger partial charge in [0.05, 0.1) is 12.5 Å². The first-order valence-corrected chi connectivity index (χ1v) is 10.3. The van der Waals surface area contributed by atoms with E-state index >= 15 is 0 Å². The molecule has 5 heteroatoms. The van der Waals surface area contributed by atoms with Crippen molar-refractivity contribution in [3.05, 3.63) is 29.5 Å². The summed E-state index contributed by atoms with van der Waals surface area (Å²) in [7, 11) is 3.36. The van der Waals surface area contributed by atoms with Crippen LogP contribution in [-0.4, -0.2) is 54.6 Å². The van der Waals surface area contributed by atoms with Crippen LogP contribution in [0, 0.1) is 11.8 Å². The van der Waals surface area contributed by atoms with E-state index in [0.717, 1.165) is 43.6 Å². The van der Waals surface area contributed by atoms with Crippen LogP contribution in [0.3, 0.4) is 0 Å². The van der Waals surface area contributed by atoms with Gasteiger partial charge >= 0.3 is 0 Å². The van der Waals surface area contributed by atoms with Gasteiger partial charge in [0.25, 0.3) is 0 Å². The Hall–Kier alpha value is -1.56. The fraction of sp³-hybridized carbons (Fsp3) is 0.636. The van der Waals surface area contributed by atoms with Gasteiger partial charge in [-0.2, -0.15) is 0 Å². The van der Waals surface area contributed by atoms with E-state index in [1.807, 2.05) is 6.07 Å². The molecular formula is C22H30N2O3. The molecule has 3 fully saturated rings. The van der Waals surface area contributed by atoms with E-state index in [2.05, 4.69) is 28.9 Å². The molecule has 4 bridgehead atoms. The van der Waals surface area contributed by atoms with E-state index in [9.17, 15) is 5.11 Å². The number of aliphatic hydroxyl groups is 1. The van der Waals surface area contributed by atoms with E-state index in [4.69, 9.17) is 9.47 Å². The third-order valence-electron chi connectivity index (χ3n) is 7.54. The quantitative estimate of drug-likeness (QED) is 0.812. The molecule has 0 radical (unpaired) electrons. The summed E-state index contributed by atoms with van der Waals surface area (Å²) in [6.45, 7) is 4.50. The van der Waals surface area contributed by atoms with E-state index in [-0.39, 0.29) is 5.41 Å². The van der Waals surface area contributed by atoms with Crippen molar-refractivity contribution >= 4 is 10.9 Å². The van der Waals surface area contributed by atoms with Gasteiger partial charge in [-0.3, -0.25) is 4.90 Å². The summed E-state index contributed by atoms with van der Waals surface area (Å²) in [5, 5.41) is 12.5. The molecule has 2 N–H and O–H groups in total. The van der Waals surface area contributed by atoms with Gasteiger partial charge in [0.2, 0.25) is 0 Å². The molecule has 4 aliphatic rings. The number of nitrogens with zero attached hydrogens (tertiary/aromatic N) is 1. The lowest BCUT2D eigenvalue weighted by Crippen LogP contribution is -2.68. The van der Waals surface area contributed by atoms with Crippen molar-refractivity contribution < 1.29 is 14.6 Å². The van der Waals surface area contributed by atoms with Crippen molar-refractivity contribution in [3.8, 4) is 5.75 Å². The van der Waals surface area contributed by atoms with E-state index < -0.39 is 6.29 Å². The molecule has 1 aromatic heterocycles. The van der Waals surface area contributed by atoms with Gasteiger partial charge in [-0.1, -0.05) is 13.3 Å². The van der Waals surface area contributed by atoms with Gasteiger partial charge in [-0.05, 0) is 54.9 Å². The van der Waals surface area contributed by atoms with Crippen molar-refractivity contribution in [2.24, 2.45) is 11.8 Å². The Labute approximate surface area is 160 Å². The first-order valence-electron chi connectivity index (χ1n) is 10.3. The number of methoxy groups -OCH3 is 2. The molecule has 27 heavy (non-hydrogen) atoms. The zero-order chi connectivity index (χ0) is 18.8. The summed E-state index contributed by atoms with van der Waals surface area (Å²) in [6.07, 6.45) is 3.63. The number of aromatic amines is 1. The van der Waals surface area contributed by atoms with Crippen molar-refractivity contribution in [1.82, 2.24) is 9.88 Å². The summed E-state index contributed by atoms with van der Waals surface area (Å²) in [4.78, 5) is 6.37. The Morgan fingerprint density at radius 2 is 2.22 bits per heavy atom. The van der Waals surface area contributed by atoms with Gasteiger partial charge in [0, 0.05) is 42.8 Å². The highest BCUT2D eigenvalue weighted by Crippen LogP contribution is 2.56. The smallest absolute Gasteiger partial charge is 0.166 e. The normalized spacial score (nSPS) is 35.7. The molecule has 0 amide bonds. The number of nitrogens with one attached hydrogen (secondary N) is 1. The van der Waals surface area contributed by atoms with Gasteiger partial charge in [0.1, 0.15) is 5.75 Å². The van der Waals surface area contributed by atoms with Crippen LogP contribution in [0.2, 0.25) is 0 Å². The Balaban J connectivity index is 1.77. The number of aromatic nitrogens is 1. The molecule has 1 aromatic carbocycles. The largest absolute Gasteiger partial charge is 0.497 e. The first kappa shape index (κ1) is 17.5. The topological polar surface area (TPSA) is 57.7 Å². The summed E-state index contributed by atoms with van der Waals surface area (Å²) >= 11 is 0. The first-order chi connectivity index (χ1) is 13.1. The summed E-state index contributed by atoms with van der Waals surface area (Å²) in [6, 6.07) is 6.58. The third kappa shape index (κ3) is 2.28. The number of piperidine rings is 2. The minimum Gasteiger partial charge on any atom is -0.497 e. The lowest BCUT2D eigenvalue weighted by atomic mass is 9.56. The summed E-state index contributed by atoms with van der Waals surface area (Å²) < 4.78 is 11.1. The fourth-order valence-corrected chi connectivity index (χ4v) is 6.58. The molecule has 4 heterocycles. The standard InChI is InChI=1S/C22H30N2O3/c1-4-14-9-13-11-22(21(25)27-3)19-16(7-8-24(12-13)20(14)22)17-10-15(26-2)5-6-18(17)23-19/h5-6,10,13-14,20-21,23,25H,4,7-9,11-12H2,1-3H3/t13-,14?,20?,21?,22?/m0/s1. The number of H-pyrrole nitrogens is 1. The minimum atomic E-state index is -0.797. The van der Waals surface area contributed by atoms with E-state index in [0.29, 0.717) is 17.9 Å². The second-order valence-corrected chi connectivity index (χ2v) is 8.68. The predicted molar refractivity (Wildman–Crippen MR) is 105 cm³/mol. The molecule has 1 saturated carbocycles. The summed E-state index contributed by atoms with van der Waals surface area (Å²) in [5.74, 6) is 2.11. The van der Waals surface area contributed by atoms with Gasteiger partial charge < -0.3 is 19.6 Å². The monoisotopic (exact) mass is 370 g/mol. The van der Waals surface area contributed by atoms with E-state index in [1.54, 1.807) is 14.2 Å². The molecule has 2 aromatic rings. The molecule has 6 rings (SSSR count). The fourth-order valence-electron chi connectivity index (χ4n) is 6.58. The average Bonchev–Trinajstić information content (AvgIpc) is 3.04. The van der Waals surface area contributed by atoms with Crippen LogP contribution in [0.15, 0.2) is 18.2 Å². The Morgan fingerprint density at radius 1 is 1.37 bits per heavy atom. The van der Waals surface area contributed by atoms with Gasteiger partial charge in [-0.25, -0.2) is 0 Å². The molecule has 5 nitrogen and oxygen atoms in total. The second kappa shape index (κ2) is 6.23. The zero-order valence-corrected chi connectivity index (χ0v) is 16.5. The predicted octanol–water partition coefficient (Wildman–Crippen LogP) is 3.06. The lowest BCUT2D eigenvalue weighted by Gasteiger charge is -2.60. The number of rotatable bonds is 4. The summed E-state index contributed by atoms with van der Waals surface area (Å²) in [5.41, 5.74) is 3.29. The molecule has 0 spiro atoms. The molecule has 6 atom stereocenters. The Kier molecular flexibility index (Phi) is 4.04. The molecule has 5 unspecified atom stereocenters. The van der Waals surface area contributed by atoms with Crippen LogP contribution in [0.25, 0.3) is 10.9 Å². The van der Waals surface area contributed by atoms with Crippen LogP contribution < -0.4 is 4.74 Å². The number of fused-ring (bicyclic) bond motifs is 4. The van der Waals surface area contributed by atoms with Crippen molar-refractivity contribution in [3.63, 3.8) is 0 Å². The number of benzene rings is 1. The maximum absolute atomic E-state index is 11.2. The van der Waals surface area contributed by atoms with Crippen LogP contribution in [0.5, 0.6) is 5.75 Å². The van der Waals surface area contributed by atoms with Crippen LogP contribution >= 0.6 is 0 Å². The Bertz CT molecular complexity index is 863. The second-order valence-electron chi connectivity index (χ2n) is 8.68. The molecule has 146 valence electrons. The van der Waals surface area contributed by atoms with Crippen LogP contribution in [0.1, 0.15) is 37.4 Å². The number of aliphatic hydroxyl groups excluding tert-OH is 1. The maximum atomic E-state index is 11.2. The minimum absolute atomic E-state index is 0.332. The number of hydrogen-bond donors (Lipinski definition) is 2. The maximum Gasteiger partial charge on any atom is 0.166 e. The van der Waals surface area contributed by atoms with E-state index in [1.165, 1.54) is 23.1 Å². The number of ether oxygens (including phenoxy) is 2. The van der Waals surface area contributed by atoms with Gasteiger partial charge in [0.15, 0.2) is 6.29 Å².